The quantitative estimate of drug-likeness (QED) is 0.838. The lowest BCUT2D eigenvalue weighted by Gasteiger charge is -2.34. The van der Waals surface area contributed by atoms with Crippen molar-refractivity contribution in [1.82, 2.24) is 5.32 Å². The molecule has 0 unspecified atom stereocenters. The molecule has 1 saturated carbocycles. The van der Waals surface area contributed by atoms with Gasteiger partial charge in [-0.2, -0.15) is 0 Å². The van der Waals surface area contributed by atoms with E-state index in [0.29, 0.717) is 6.04 Å². The highest BCUT2D eigenvalue weighted by Gasteiger charge is 2.35. The van der Waals surface area contributed by atoms with Crippen molar-refractivity contribution in [3.05, 3.63) is 35.9 Å². The van der Waals surface area contributed by atoms with E-state index in [1.165, 1.54) is 12.7 Å². The highest BCUT2D eigenvalue weighted by molar-refractivity contribution is 5.73. The van der Waals surface area contributed by atoms with Crippen molar-refractivity contribution < 1.29 is 14.3 Å². The van der Waals surface area contributed by atoms with E-state index in [2.05, 4.69) is 17.4 Å². The number of carbonyl (C=O) groups is 1. The molecule has 0 heterocycles. The number of rotatable bonds is 5. The van der Waals surface area contributed by atoms with E-state index in [-0.39, 0.29) is 18.0 Å². The fourth-order valence-corrected chi connectivity index (χ4v) is 2.85. The van der Waals surface area contributed by atoms with Crippen LogP contribution in [0.1, 0.15) is 24.8 Å². The van der Waals surface area contributed by atoms with Gasteiger partial charge < -0.3 is 14.8 Å². The van der Waals surface area contributed by atoms with Crippen LogP contribution in [-0.2, 0) is 20.8 Å². The molecule has 20 heavy (non-hydrogen) atoms. The molecule has 1 aliphatic carbocycles. The number of carbonyl (C=O) groups excluding carboxylic acids is 1. The smallest absolute Gasteiger partial charge is 0.311 e. The van der Waals surface area contributed by atoms with Crippen LogP contribution >= 0.6 is 0 Å². The molecule has 3 atom stereocenters. The molecule has 4 heteroatoms. The molecule has 1 fully saturated rings. The average molecular weight is 277 g/mol. The van der Waals surface area contributed by atoms with Gasteiger partial charge in [-0.15, -0.1) is 0 Å². The Hall–Kier alpha value is -1.39. The van der Waals surface area contributed by atoms with Crippen molar-refractivity contribution in [2.75, 3.05) is 14.2 Å². The van der Waals surface area contributed by atoms with Crippen LogP contribution in [0.4, 0.5) is 0 Å². The second-order valence-electron chi connectivity index (χ2n) is 5.28. The highest BCUT2D eigenvalue weighted by atomic mass is 16.5. The third kappa shape index (κ3) is 3.81. The van der Waals surface area contributed by atoms with E-state index in [1.54, 1.807) is 7.11 Å². The largest absolute Gasteiger partial charge is 0.469 e. The number of hydrogen-bond donors (Lipinski definition) is 1. The monoisotopic (exact) mass is 277 g/mol. The van der Waals surface area contributed by atoms with Gasteiger partial charge in [0.05, 0.1) is 19.1 Å². The molecule has 0 radical (unpaired) electrons. The van der Waals surface area contributed by atoms with Crippen molar-refractivity contribution in [2.45, 2.75) is 38.0 Å². The van der Waals surface area contributed by atoms with Crippen LogP contribution in [0, 0.1) is 5.92 Å². The molecule has 4 nitrogen and oxygen atoms in total. The first kappa shape index (κ1) is 15.0. The average Bonchev–Trinajstić information content (AvgIpc) is 2.52. The van der Waals surface area contributed by atoms with Crippen LogP contribution in [0.5, 0.6) is 0 Å². The standard InChI is InChI=1S/C16H23NO3/c1-19-15-10-13(8-9-14(15)16(18)20-2)17-11-12-6-4-3-5-7-12/h3-7,13-15,17H,8-11H2,1-2H3/t13-,14+,15-/m0/s1. The number of benzene rings is 1. The summed E-state index contributed by atoms with van der Waals surface area (Å²) in [7, 11) is 3.11. The lowest BCUT2D eigenvalue weighted by atomic mass is 9.83. The molecule has 0 amide bonds. The zero-order valence-electron chi connectivity index (χ0n) is 12.2. The lowest BCUT2D eigenvalue weighted by Crippen LogP contribution is -2.43. The minimum absolute atomic E-state index is 0.0514. The molecule has 1 aromatic rings. The summed E-state index contributed by atoms with van der Waals surface area (Å²) >= 11 is 0. The van der Waals surface area contributed by atoms with Crippen LogP contribution in [0.15, 0.2) is 30.3 Å². The summed E-state index contributed by atoms with van der Waals surface area (Å²) in [6.07, 6.45) is 2.59. The molecular weight excluding hydrogens is 254 g/mol. The zero-order chi connectivity index (χ0) is 14.4. The third-order valence-corrected chi connectivity index (χ3v) is 4.04. The van der Waals surface area contributed by atoms with Gasteiger partial charge in [0.1, 0.15) is 0 Å². The SMILES string of the molecule is COC(=O)[C@@H]1CC[C@H](NCc2ccccc2)C[C@@H]1OC. The summed E-state index contributed by atoms with van der Waals surface area (Å²) in [5.74, 6) is -0.280. The Morgan fingerprint density at radius 2 is 2.00 bits per heavy atom. The van der Waals surface area contributed by atoms with Crippen LogP contribution in [0.3, 0.4) is 0 Å². The number of ether oxygens (including phenoxy) is 2. The second kappa shape index (κ2) is 7.41. The minimum Gasteiger partial charge on any atom is -0.469 e. The summed E-state index contributed by atoms with van der Waals surface area (Å²) < 4.78 is 10.3. The van der Waals surface area contributed by atoms with Crippen molar-refractivity contribution in [3.8, 4) is 0 Å². The van der Waals surface area contributed by atoms with Crippen LogP contribution in [0.25, 0.3) is 0 Å². The van der Waals surface area contributed by atoms with E-state index in [1.807, 2.05) is 18.2 Å². The molecule has 0 spiro atoms. The molecule has 0 aliphatic heterocycles. The van der Waals surface area contributed by atoms with Crippen molar-refractivity contribution >= 4 is 5.97 Å². The van der Waals surface area contributed by atoms with Gasteiger partial charge in [0.2, 0.25) is 0 Å². The number of nitrogens with one attached hydrogen (secondary N) is 1. The fourth-order valence-electron chi connectivity index (χ4n) is 2.85. The number of esters is 1. The van der Waals surface area contributed by atoms with Crippen LogP contribution in [-0.4, -0.2) is 32.3 Å². The molecule has 110 valence electrons. The summed E-state index contributed by atoms with van der Waals surface area (Å²) in [5, 5.41) is 3.55. The Morgan fingerprint density at radius 1 is 1.25 bits per heavy atom. The van der Waals surface area contributed by atoms with Gasteiger partial charge in [-0.1, -0.05) is 30.3 Å². The summed E-state index contributed by atoms with van der Waals surface area (Å²) in [4.78, 5) is 11.7. The van der Waals surface area contributed by atoms with Gasteiger partial charge in [0.25, 0.3) is 0 Å². The molecule has 1 aliphatic rings. The molecule has 1 aromatic carbocycles. The predicted octanol–water partition coefficient (Wildman–Crippen LogP) is 2.13. The first-order valence-electron chi connectivity index (χ1n) is 7.12. The summed E-state index contributed by atoms with van der Waals surface area (Å²) in [5.41, 5.74) is 1.27. The maximum Gasteiger partial charge on any atom is 0.311 e. The third-order valence-electron chi connectivity index (χ3n) is 4.04. The Morgan fingerprint density at radius 3 is 2.65 bits per heavy atom. The first-order valence-corrected chi connectivity index (χ1v) is 7.12. The molecule has 2 rings (SSSR count). The maximum absolute atomic E-state index is 11.7. The van der Waals surface area contributed by atoms with Crippen LogP contribution in [0.2, 0.25) is 0 Å². The highest BCUT2D eigenvalue weighted by Crippen LogP contribution is 2.28. The second-order valence-corrected chi connectivity index (χ2v) is 5.28. The maximum atomic E-state index is 11.7. The van der Waals surface area contributed by atoms with Gasteiger partial charge in [-0.3, -0.25) is 4.79 Å². The van der Waals surface area contributed by atoms with E-state index >= 15 is 0 Å². The van der Waals surface area contributed by atoms with Gasteiger partial charge >= 0.3 is 5.97 Å². The Labute approximate surface area is 120 Å². The van der Waals surface area contributed by atoms with Gasteiger partial charge in [-0.25, -0.2) is 0 Å². The molecular formula is C16H23NO3. The van der Waals surface area contributed by atoms with Gasteiger partial charge in [-0.05, 0) is 24.8 Å². The lowest BCUT2D eigenvalue weighted by molar-refractivity contribution is -0.152. The van der Waals surface area contributed by atoms with Gasteiger partial charge in [0, 0.05) is 19.7 Å². The van der Waals surface area contributed by atoms with E-state index in [4.69, 9.17) is 9.47 Å². The van der Waals surface area contributed by atoms with Crippen molar-refractivity contribution in [1.29, 1.82) is 0 Å². The summed E-state index contributed by atoms with van der Waals surface area (Å²) in [6.45, 7) is 0.852. The Kier molecular flexibility index (Phi) is 5.56. The van der Waals surface area contributed by atoms with E-state index < -0.39 is 0 Å². The van der Waals surface area contributed by atoms with E-state index in [0.717, 1.165) is 25.8 Å². The van der Waals surface area contributed by atoms with Crippen molar-refractivity contribution in [3.63, 3.8) is 0 Å². The molecule has 0 bridgehead atoms. The zero-order valence-corrected chi connectivity index (χ0v) is 12.2. The fraction of sp³-hybridized carbons (Fsp3) is 0.562. The minimum atomic E-state index is -0.154. The molecule has 0 saturated heterocycles. The Bertz CT molecular complexity index is 421. The Balaban J connectivity index is 1.85. The first-order chi connectivity index (χ1) is 9.74. The van der Waals surface area contributed by atoms with E-state index in [9.17, 15) is 4.79 Å². The number of methoxy groups -OCH3 is 2. The van der Waals surface area contributed by atoms with Gasteiger partial charge in [0.15, 0.2) is 0 Å². The summed E-state index contributed by atoms with van der Waals surface area (Å²) in [6, 6.07) is 10.7. The molecule has 1 N–H and O–H groups in total. The molecule has 0 aromatic heterocycles. The number of hydrogen-bond acceptors (Lipinski definition) is 4. The normalized spacial score (nSPS) is 26.2. The topological polar surface area (TPSA) is 47.6 Å². The van der Waals surface area contributed by atoms with Crippen molar-refractivity contribution in [2.24, 2.45) is 5.92 Å². The van der Waals surface area contributed by atoms with Crippen LogP contribution < -0.4 is 5.32 Å². The predicted molar refractivity (Wildman–Crippen MR) is 77.2 cm³/mol.